The molecule has 26 heavy (non-hydrogen) atoms. The smallest absolute Gasteiger partial charge is 0.332 e. The summed E-state index contributed by atoms with van der Waals surface area (Å²) < 4.78 is 20.4. The van der Waals surface area contributed by atoms with Gasteiger partial charge in [0.15, 0.2) is 5.43 Å². The molecule has 1 aromatic carbocycles. The number of esters is 1. The molecule has 0 amide bonds. The SMILES string of the molecule is C=Cc1cn(C(C)(C)C(=O)OC(C)(C)C)cc(-c2ccc(F)cc2)c1=O. The minimum Gasteiger partial charge on any atom is -0.458 e. The summed E-state index contributed by atoms with van der Waals surface area (Å²) in [4.78, 5) is 25.3. The fourth-order valence-corrected chi connectivity index (χ4v) is 2.41. The van der Waals surface area contributed by atoms with Crippen molar-refractivity contribution in [1.29, 1.82) is 0 Å². The number of benzene rings is 1. The Morgan fingerprint density at radius 2 is 1.69 bits per heavy atom. The molecule has 0 atom stereocenters. The Morgan fingerprint density at radius 3 is 2.19 bits per heavy atom. The molecular formula is C21H24FNO3. The van der Waals surface area contributed by atoms with E-state index in [9.17, 15) is 14.0 Å². The molecule has 0 aliphatic heterocycles. The van der Waals surface area contributed by atoms with Crippen molar-refractivity contribution in [2.24, 2.45) is 0 Å². The van der Waals surface area contributed by atoms with E-state index < -0.39 is 17.1 Å². The van der Waals surface area contributed by atoms with E-state index in [-0.39, 0.29) is 11.2 Å². The highest BCUT2D eigenvalue weighted by molar-refractivity contribution is 5.79. The average Bonchev–Trinajstić information content (AvgIpc) is 2.54. The van der Waals surface area contributed by atoms with Gasteiger partial charge in [-0.05, 0) is 52.3 Å². The molecule has 5 heteroatoms. The Balaban J connectivity index is 2.61. The predicted octanol–water partition coefficient (Wildman–Crippen LogP) is 4.37. The van der Waals surface area contributed by atoms with Crippen LogP contribution in [0.2, 0.25) is 0 Å². The van der Waals surface area contributed by atoms with E-state index in [0.29, 0.717) is 16.7 Å². The molecule has 0 saturated heterocycles. The first-order valence-corrected chi connectivity index (χ1v) is 8.34. The van der Waals surface area contributed by atoms with E-state index in [0.717, 1.165) is 0 Å². The van der Waals surface area contributed by atoms with Crippen molar-refractivity contribution in [3.05, 3.63) is 64.8 Å². The summed E-state index contributed by atoms with van der Waals surface area (Å²) in [5.74, 6) is -0.809. The van der Waals surface area contributed by atoms with Crippen LogP contribution >= 0.6 is 0 Å². The molecule has 138 valence electrons. The Labute approximate surface area is 152 Å². The fraction of sp³-hybridized carbons (Fsp3) is 0.333. The number of rotatable bonds is 4. The van der Waals surface area contributed by atoms with E-state index >= 15 is 0 Å². The molecule has 0 unspecified atom stereocenters. The van der Waals surface area contributed by atoms with Gasteiger partial charge in [-0.3, -0.25) is 4.79 Å². The van der Waals surface area contributed by atoms with Gasteiger partial charge in [-0.2, -0.15) is 0 Å². The molecule has 0 spiro atoms. The maximum atomic E-state index is 13.2. The summed E-state index contributed by atoms with van der Waals surface area (Å²) in [6.45, 7) is 12.5. The molecule has 1 aromatic heterocycles. The Morgan fingerprint density at radius 1 is 1.12 bits per heavy atom. The lowest BCUT2D eigenvalue weighted by Gasteiger charge is -2.31. The Kier molecular flexibility index (Phi) is 5.21. The lowest BCUT2D eigenvalue weighted by molar-refractivity contribution is -0.164. The third kappa shape index (κ3) is 4.10. The first kappa shape index (κ1) is 19.6. The summed E-state index contributed by atoms with van der Waals surface area (Å²) in [7, 11) is 0. The number of ether oxygens (including phenoxy) is 1. The van der Waals surface area contributed by atoms with Gasteiger partial charge in [0.05, 0.1) is 0 Å². The molecule has 2 aromatic rings. The number of pyridine rings is 1. The van der Waals surface area contributed by atoms with Crippen LogP contribution in [0.15, 0.2) is 48.0 Å². The van der Waals surface area contributed by atoms with Crippen LogP contribution < -0.4 is 5.43 Å². The average molecular weight is 357 g/mol. The maximum absolute atomic E-state index is 13.2. The number of hydrogen-bond acceptors (Lipinski definition) is 3. The van der Waals surface area contributed by atoms with Crippen LogP contribution in [-0.4, -0.2) is 16.1 Å². The lowest BCUT2D eigenvalue weighted by Crippen LogP contribution is -2.41. The quantitative estimate of drug-likeness (QED) is 0.763. The van der Waals surface area contributed by atoms with E-state index in [1.807, 2.05) is 0 Å². The lowest BCUT2D eigenvalue weighted by atomic mass is 10.0. The second kappa shape index (κ2) is 6.90. The second-order valence-corrected chi connectivity index (χ2v) is 7.64. The van der Waals surface area contributed by atoms with Crippen LogP contribution in [0.5, 0.6) is 0 Å². The van der Waals surface area contributed by atoms with E-state index in [2.05, 4.69) is 6.58 Å². The van der Waals surface area contributed by atoms with Gasteiger partial charge in [0.1, 0.15) is 17.0 Å². The van der Waals surface area contributed by atoms with Gasteiger partial charge in [0.2, 0.25) is 0 Å². The predicted molar refractivity (Wildman–Crippen MR) is 101 cm³/mol. The zero-order chi connectivity index (χ0) is 19.7. The molecule has 0 saturated carbocycles. The molecule has 0 aliphatic rings. The molecular weight excluding hydrogens is 333 g/mol. The Bertz CT molecular complexity index is 887. The van der Waals surface area contributed by atoms with Crippen molar-refractivity contribution >= 4 is 12.0 Å². The van der Waals surface area contributed by atoms with Crippen molar-refractivity contribution < 1.29 is 13.9 Å². The van der Waals surface area contributed by atoms with Gasteiger partial charge < -0.3 is 9.30 Å². The van der Waals surface area contributed by atoms with Crippen LogP contribution in [0.4, 0.5) is 4.39 Å². The van der Waals surface area contributed by atoms with Gasteiger partial charge in [0.25, 0.3) is 0 Å². The van der Waals surface area contributed by atoms with E-state index in [1.54, 1.807) is 51.6 Å². The largest absolute Gasteiger partial charge is 0.458 e. The van der Waals surface area contributed by atoms with Crippen molar-refractivity contribution in [2.75, 3.05) is 0 Å². The summed E-state index contributed by atoms with van der Waals surface area (Å²) in [6.07, 6.45) is 4.61. The number of halogens is 1. The molecule has 4 nitrogen and oxygen atoms in total. The van der Waals surface area contributed by atoms with Gasteiger partial charge in [-0.1, -0.05) is 24.8 Å². The highest BCUT2D eigenvalue weighted by atomic mass is 19.1. The van der Waals surface area contributed by atoms with Gasteiger partial charge >= 0.3 is 5.97 Å². The molecule has 2 rings (SSSR count). The van der Waals surface area contributed by atoms with Crippen LogP contribution in [0.1, 0.15) is 40.2 Å². The van der Waals surface area contributed by atoms with Crippen molar-refractivity contribution in [3.63, 3.8) is 0 Å². The summed E-state index contributed by atoms with van der Waals surface area (Å²) in [5, 5.41) is 0. The second-order valence-electron chi connectivity index (χ2n) is 7.64. The highest BCUT2D eigenvalue weighted by Crippen LogP contribution is 2.24. The number of carbonyl (C=O) groups excluding carboxylic acids is 1. The Hall–Kier alpha value is -2.69. The van der Waals surface area contributed by atoms with E-state index in [4.69, 9.17) is 4.74 Å². The minimum absolute atomic E-state index is 0.233. The van der Waals surface area contributed by atoms with Crippen LogP contribution in [0.25, 0.3) is 17.2 Å². The van der Waals surface area contributed by atoms with Gasteiger partial charge in [0, 0.05) is 23.5 Å². The molecule has 0 radical (unpaired) electrons. The van der Waals surface area contributed by atoms with Crippen molar-refractivity contribution in [2.45, 2.75) is 45.8 Å². The van der Waals surface area contributed by atoms with E-state index in [1.165, 1.54) is 30.3 Å². The van der Waals surface area contributed by atoms with Crippen molar-refractivity contribution in [3.8, 4) is 11.1 Å². The summed E-state index contributed by atoms with van der Waals surface area (Å²) in [6, 6.07) is 5.64. The first-order chi connectivity index (χ1) is 12.0. The van der Waals surface area contributed by atoms with Gasteiger partial charge in [-0.25, -0.2) is 9.18 Å². The number of carbonyl (C=O) groups is 1. The fourth-order valence-electron chi connectivity index (χ4n) is 2.41. The molecule has 0 bridgehead atoms. The monoisotopic (exact) mass is 357 g/mol. The number of nitrogens with zero attached hydrogens (tertiary/aromatic N) is 1. The highest BCUT2D eigenvalue weighted by Gasteiger charge is 2.34. The third-order valence-electron chi connectivity index (χ3n) is 3.97. The summed E-state index contributed by atoms with van der Waals surface area (Å²) in [5.41, 5.74) is -0.638. The standard InChI is InChI=1S/C21H24FNO3/c1-7-14-12-23(21(5,6)19(25)26-20(2,3)4)13-17(18(14)24)15-8-10-16(22)11-9-15/h7-13H,1H2,2-6H3. The molecule has 0 aliphatic carbocycles. The normalized spacial score (nSPS) is 11.9. The first-order valence-electron chi connectivity index (χ1n) is 8.34. The number of hydrogen-bond donors (Lipinski definition) is 0. The topological polar surface area (TPSA) is 48.3 Å². The third-order valence-corrected chi connectivity index (χ3v) is 3.97. The zero-order valence-corrected chi connectivity index (χ0v) is 15.8. The van der Waals surface area contributed by atoms with Crippen LogP contribution in [0, 0.1) is 5.82 Å². The molecule has 1 heterocycles. The number of aromatic nitrogens is 1. The minimum atomic E-state index is -1.05. The molecule has 0 N–H and O–H groups in total. The van der Waals surface area contributed by atoms with Gasteiger partial charge in [-0.15, -0.1) is 0 Å². The summed E-state index contributed by atoms with van der Waals surface area (Å²) >= 11 is 0. The van der Waals surface area contributed by atoms with Crippen molar-refractivity contribution in [1.82, 2.24) is 4.57 Å². The van der Waals surface area contributed by atoms with Crippen LogP contribution in [-0.2, 0) is 15.1 Å². The van der Waals surface area contributed by atoms with Crippen LogP contribution in [0.3, 0.4) is 0 Å². The molecule has 0 fully saturated rings. The zero-order valence-electron chi connectivity index (χ0n) is 15.8. The maximum Gasteiger partial charge on any atom is 0.332 e.